The van der Waals surface area contributed by atoms with Gasteiger partial charge in [0.25, 0.3) is 0 Å². The Balaban J connectivity index is -0.0000000326. The van der Waals surface area contributed by atoms with Crippen LogP contribution in [0.1, 0.15) is 0 Å². The number of rotatable bonds is 0. The van der Waals surface area contributed by atoms with Gasteiger partial charge in [-0.1, -0.05) is 5.40 Å². The summed E-state index contributed by atoms with van der Waals surface area (Å²) in [5.41, 5.74) is 0. The van der Waals surface area contributed by atoms with Crippen molar-refractivity contribution in [2.45, 2.75) is 0 Å². The van der Waals surface area contributed by atoms with Gasteiger partial charge in [0, 0.05) is 0 Å². The molecule has 10 heavy (non-hydrogen) atoms. The first-order valence-corrected chi connectivity index (χ1v) is 2.88. The number of hydrogen-bond donors (Lipinski definition) is 2. The molecule has 56 valence electrons. The smallest absolute Gasteiger partial charge is 0.726 e. The first-order valence-electron chi connectivity index (χ1n) is 1.11. The molecule has 0 spiro atoms. The van der Waals surface area contributed by atoms with Gasteiger partial charge >= 0.3 is 51.4 Å². The van der Waals surface area contributed by atoms with Gasteiger partial charge in [0.1, 0.15) is 0 Å². The van der Waals surface area contributed by atoms with Crippen molar-refractivity contribution < 1.29 is 68.9 Å². The normalized spacial score (nSPS) is 6.50. The molecule has 0 heterocycles. The van der Waals surface area contributed by atoms with E-state index in [1.165, 1.54) is 5.40 Å². The third-order valence-electron chi connectivity index (χ3n) is 0. The molecule has 0 saturated carbocycles. The predicted molar refractivity (Wildman–Crippen MR) is 31.3 cm³/mol. The molecular formula is CH5KN2O4S2. The van der Waals surface area contributed by atoms with E-state index in [0.717, 1.165) is 0 Å². The minimum Gasteiger partial charge on any atom is -0.726 e. The summed E-state index contributed by atoms with van der Waals surface area (Å²) in [6.45, 7) is 0. The number of nitriles is 1. The summed E-state index contributed by atoms with van der Waals surface area (Å²) in [4.78, 5) is 0. The van der Waals surface area contributed by atoms with Gasteiger partial charge in [-0.05, 0) is 0 Å². The molecular weight excluding hydrogens is 207 g/mol. The maximum atomic E-state index is 8.63. The van der Waals surface area contributed by atoms with Gasteiger partial charge in [-0.2, -0.15) is 0 Å². The summed E-state index contributed by atoms with van der Waals surface area (Å²) in [6.07, 6.45) is 0. The topological polar surface area (TPSA) is 138 Å². The number of quaternary nitrogens is 1. The molecule has 0 bridgehead atoms. The van der Waals surface area contributed by atoms with E-state index in [0.29, 0.717) is 0 Å². The van der Waals surface area contributed by atoms with Crippen molar-refractivity contribution in [1.82, 2.24) is 6.15 Å². The summed E-state index contributed by atoms with van der Waals surface area (Å²) in [5, 5.41) is 8.47. The molecule has 9 heteroatoms. The fourth-order valence-electron chi connectivity index (χ4n) is 0. The van der Waals surface area contributed by atoms with Gasteiger partial charge in [0.05, 0.1) is 0 Å². The van der Waals surface area contributed by atoms with Crippen LogP contribution in [0.15, 0.2) is 0 Å². The van der Waals surface area contributed by atoms with Gasteiger partial charge < -0.3 is 23.3 Å². The summed E-state index contributed by atoms with van der Waals surface area (Å²) in [5.74, 6) is 0. The summed E-state index contributed by atoms with van der Waals surface area (Å²) >= 11 is 3.70. The van der Waals surface area contributed by atoms with Crippen LogP contribution in [0.4, 0.5) is 0 Å². The fourth-order valence-corrected chi connectivity index (χ4v) is 0. The first kappa shape index (κ1) is 22.5. The van der Waals surface area contributed by atoms with Crippen LogP contribution in [0.5, 0.6) is 0 Å². The van der Waals surface area contributed by atoms with Crippen LogP contribution in [-0.2, 0) is 23.0 Å². The monoisotopic (exact) mass is 212 g/mol. The van der Waals surface area contributed by atoms with Crippen LogP contribution in [0, 0.1) is 10.7 Å². The van der Waals surface area contributed by atoms with E-state index >= 15 is 0 Å². The van der Waals surface area contributed by atoms with Crippen LogP contribution >= 0.6 is 0 Å². The van der Waals surface area contributed by atoms with Crippen LogP contribution in [0.3, 0.4) is 0 Å². The zero-order chi connectivity index (χ0) is 7.21. The Morgan fingerprint density at radius 1 is 1.60 bits per heavy atom. The summed E-state index contributed by atoms with van der Waals surface area (Å²) < 4.78 is 32.8. The van der Waals surface area contributed by atoms with Crippen molar-refractivity contribution in [3.63, 3.8) is 0 Å². The van der Waals surface area contributed by atoms with E-state index in [1.54, 1.807) is 0 Å². The second-order valence-electron chi connectivity index (χ2n) is 0.519. The molecule has 0 amide bonds. The quantitative estimate of drug-likeness (QED) is 0.140. The van der Waals surface area contributed by atoms with Crippen LogP contribution in [0.2, 0.25) is 0 Å². The second kappa shape index (κ2) is 12.8. The maximum Gasteiger partial charge on any atom is 1.00 e. The molecule has 0 unspecified atom stereocenters. The second-order valence-corrected chi connectivity index (χ2v) is 1.56. The fraction of sp³-hybridized carbons (Fsp3) is 0. The van der Waals surface area contributed by atoms with E-state index in [9.17, 15) is 0 Å². The molecule has 0 fully saturated rings. The van der Waals surface area contributed by atoms with E-state index in [2.05, 4.69) is 12.6 Å². The van der Waals surface area contributed by atoms with Crippen molar-refractivity contribution >= 4 is 23.0 Å². The van der Waals surface area contributed by atoms with Crippen LogP contribution in [0.25, 0.3) is 0 Å². The van der Waals surface area contributed by atoms with E-state index in [-0.39, 0.29) is 57.5 Å². The van der Waals surface area contributed by atoms with Crippen molar-refractivity contribution in [3.05, 3.63) is 0 Å². The molecule has 0 atom stereocenters. The molecule has 5 N–H and O–H groups in total. The molecule has 0 aromatic carbocycles. The Kier molecular flexibility index (Phi) is 28.8. The van der Waals surface area contributed by atoms with Gasteiger partial charge in [-0.25, -0.2) is 13.7 Å². The van der Waals surface area contributed by atoms with Crippen molar-refractivity contribution in [1.29, 1.82) is 5.26 Å². The zero-order valence-corrected chi connectivity index (χ0v) is 10.2. The average Bonchev–Trinajstić information content (AvgIpc) is 1.27. The van der Waals surface area contributed by atoms with Crippen molar-refractivity contribution in [2.24, 2.45) is 0 Å². The number of thiocyanates is 1. The Morgan fingerprint density at radius 3 is 1.60 bits per heavy atom. The van der Waals surface area contributed by atoms with E-state index in [1.807, 2.05) is 0 Å². The standard InChI is InChI=1S/CHNS.K.H3N.H2O4S/c2-1-3;;;1-5(2,3)4/h3H;;1H3;(H2,1,2,3,4)/q;+1;;/p-1. The molecule has 6 nitrogen and oxygen atoms in total. The SMILES string of the molecule is N#C[S-].O=S(=O)([O-])O.[K+].[NH4+]. The Bertz CT molecular complexity index is 162. The predicted octanol–water partition coefficient (Wildman–Crippen LogP) is -3.60. The molecule has 0 aliphatic heterocycles. The molecule has 0 aromatic heterocycles. The molecule has 0 aliphatic rings. The van der Waals surface area contributed by atoms with Gasteiger partial charge in [0.15, 0.2) is 0 Å². The van der Waals surface area contributed by atoms with E-state index in [4.69, 9.17) is 22.8 Å². The Morgan fingerprint density at radius 2 is 1.60 bits per heavy atom. The number of hydrogen-bond acceptors (Lipinski definition) is 5. The zero-order valence-electron chi connectivity index (χ0n) is 5.44. The number of nitrogens with zero attached hydrogens (tertiary/aromatic N) is 1. The summed E-state index contributed by atoms with van der Waals surface area (Å²) in [7, 11) is -4.92. The minimum absolute atomic E-state index is 0. The molecule has 0 aromatic rings. The van der Waals surface area contributed by atoms with Gasteiger partial charge in [-0.15, -0.1) is 0 Å². The Hall–Kier alpha value is 1.18. The summed E-state index contributed by atoms with van der Waals surface area (Å²) in [6, 6.07) is 0. The molecule has 0 saturated heterocycles. The molecule has 0 aliphatic carbocycles. The molecule has 0 rings (SSSR count). The Labute approximate surface area is 107 Å². The minimum atomic E-state index is -4.92. The third-order valence-corrected chi connectivity index (χ3v) is 0. The van der Waals surface area contributed by atoms with Gasteiger partial charge in [-0.3, -0.25) is 4.55 Å². The largest absolute Gasteiger partial charge is 1.00 e. The van der Waals surface area contributed by atoms with Crippen molar-refractivity contribution in [3.8, 4) is 5.40 Å². The maximum absolute atomic E-state index is 8.63. The molecule has 0 radical (unpaired) electrons. The van der Waals surface area contributed by atoms with Crippen molar-refractivity contribution in [2.75, 3.05) is 0 Å². The average molecular weight is 212 g/mol. The van der Waals surface area contributed by atoms with Crippen LogP contribution in [-0.4, -0.2) is 17.5 Å². The first-order chi connectivity index (χ1) is 3.41. The van der Waals surface area contributed by atoms with E-state index < -0.39 is 10.4 Å². The van der Waals surface area contributed by atoms with Crippen LogP contribution < -0.4 is 57.5 Å². The third kappa shape index (κ3) is 443. The van der Waals surface area contributed by atoms with Gasteiger partial charge in [0.2, 0.25) is 10.4 Å².